The molecule has 23 heavy (non-hydrogen) atoms. The number of rotatable bonds is 6. The zero-order valence-electron chi connectivity index (χ0n) is 13.0. The Bertz CT molecular complexity index is 628. The Hall–Kier alpha value is -1.51. The summed E-state index contributed by atoms with van der Waals surface area (Å²) in [5.41, 5.74) is -2.03. The van der Waals surface area contributed by atoms with Crippen LogP contribution >= 0.6 is 0 Å². The minimum Gasteiger partial charge on any atom is -0.383 e. The van der Waals surface area contributed by atoms with E-state index in [-0.39, 0.29) is 37.4 Å². The molecule has 1 fully saturated rings. The van der Waals surface area contributed by atoms with Gasteiger partial charge in [0.25, 0.3) is 5.91 Å². The number of hydrogen-bond donors (Lipinski definition) is 1. The number of carbonyl (C=O) groups is 1. The van der Waals surface area contributed by atoms with Gasteiger partial charge in [-0.25, -0.2) is 12.8 Å². The molecular formula is C15H21FN2O4S. The molecule has 1 heterocycles. The Morgan fingerprint density at radius 3 is 2.48 bits per heavy atom. The Kier molecular flexibility index (Phi) is 5.72. The normalized spacial score (nSPS) is 18.5. The zero-order valence-corrected chi connectivity index (χ0v) is 13.8. The lowest BCUT2D eigenvalue weighted by Gasteiger charge is -2.34. The molecule has 1 aromatic carbocycles. The van der Waals surface area contributed by atoms with Gasteiger partial charge in [-0.2, -0.15) is 4.31 Å². The van der Waals surface area contributed by atoms with Crippen LogP contribution in [0.3, 0.4) is 0 Å². The molecule has 6 nitrogen and oxygen atoms in total. The molecule has 0 aliphatic carbocycles. The number of nitrogens with one attached hydrogen (secondary N) is 1. The number of hydrogen-bond acceptors (Lipinski definition) is 4. The molecule has 1 aromatic rings. The van der Waals surface area contributed by atoms with Crippen LogP contribution in [0.2, 0.25) is 0 Å². The molecule has 1 saturated heterocycles. The van der Waals surface area contributed by atoms with Gasteiger partial charge < -0.3 is 10.1 Å². The van der Waals surface area contributed by atoms with Gasteiger partial charge in [0.2, 0.25) is 10.0 Å². The van der Waals surface area contributed by atoms with Crippen LogP contribution in [0.5, 0.6) is 0 Å². The molecule has 0 atom stereocenters. The molecule has 0 spiro atoms. The van der Waals surface area contributed by atoms with Crippen LogP contribution in [0, 0.1) is 0 Å². The van der Waals surface area contributed by atoms with E-state index in [2.05, 4.69) is 5.32 Å². The van der Waals surface area contributed by atoms with Crippen molar-refractivity contribution in [3.63, 3.8) is 0 Å². The maximum atomic E-state index is 14.7. The summed E-state index contributed by atoms with van der Waals surface area (Å²) >= 11 is 0. The molecule has 0 unspecified atom stereocenters. The van der Waals surface area contributed by atoms with E-state index in [4.69, 9.17) is 4.74 Å². The first kappa shape index (κ1) is 17.8. The fourth-order valence-corrected chi connectivity index (χ4v) is 3.94. The lowest BCUT2D eigenvalue weighted by molar-refractivity contribution is -0.135. The number of piperidine rings is 1. The van der Waals surface area contributed by atoms with Gasteiger partial charge in [-0.15, -0.1) is 0 Å². The van der Waals surface area contributed by atoms with E-state index >= 15 is 0 Å². The Labute approximate surface area is 135 Å². The molecule has 1 aliphatic rings. The number of benzene rings is 1. The van der Waals surface area contributed by atoms with Gasteiger partial charge in [0, 0.05) is 39.6 Å². The lowest BCUT2D eigenvalue weighted by Crippen LogP contribution is -2.52. The molecule has 0 saturated carbocycles. The van der Waals surface area contributed by atoms with E-state index in [0.29, 0.717) is 6.61 Å². The van der Waals surface area contributed by atoms with Crippen molar-refractivity contribution >= 4 is 15.9 Å². The highest BCUT2D eigenvalue weighted by atomic mass is 32.2. The van der Waals surface area contributed by atoms with Gasteiger partial charge >= 0.3 is 0 Å². The lowest BCUT2D eigenvalue weighted by atomic mass is 9.93. The van der Waals surface area contributed by atoms with E-state index in [0.717, 1.165) is 0 Å². The Morgan fingerprint density at radius 2 is 1.91 bits per heavy atom. The minimum absolute atomic E-state index is 0.0224. The van der Waals surface area contributed by atoms with Crippen LogP contribution in [0.25, 0.3) is 0 Å². The van der Waals surface area contributed by atoms with Crippen molar-refractivity contribution in [2.45, 2.75) is 23.4 Å². The van der Waals surface area contributed by atoms with Gasteiger partial charge in [0.15, 0.2) is 5.67 Å². The van der Waals surface area contributed by atoms with Crippen molar-refractivity contribution in [1.82, 2.24) is 9.62 Å². The molecule has 0 bridgehead atoms. The highest BCUT2D eigenvalue weighted by Gasteiger charge is 2.44. The second-order valence-corrected chi connectivity index (χ2v) is 7.37. The van der Waals surface area contributed by atoms with Crippen LogP contribution in [-0.2, 0) is 19.6 Å². The van der Waals surface area contributed by atoms with E-state index in [1.54, 1.807) is 18.2 Å². The van der Waals surface area contributed by atoms with E-state index < -0.39 is 21.6 Å². The number of alkyl halides is 1. The fourth-order valence-electron chi connectivity index (χ4n) is 2.47. The van der Waals surface area contributed by atoms with Gasteiger partial charge in [0.05, 0.1) is 11.5 Å². The summed E-state index contributed by atoms with van der Waals surface area (Å²) in [6, 6.07) is 8.01. The minimum atomic E-state index is -3.64. The van der Waals surface area contributed by atoms with Crippen LogP contribution in [0.15, 0.2) is 35.2 Å². The molecule has 0 aromatic heterocycles. The number of methoxy groups -OCH3 is 1. The predicted molar refractivity (Wildman–Crippen MR) is 83.2 cm³/mol. The zero-order chi connectivity index (χ0) is 16.9. The SMILES string of the molecule is COCCNC(=O)C1(F)CCN(S(=O)(=O)c2ccccc2)CC1. The monoisotopic (exact) mass is 344 g/mol. The molecule has 1 aliphatic heterocycles. The predicted octanol–water partition coefficient (Wildman–Crippen LogP) is 0.942. The molecule has 1 amide bonds. The van der Waals surface area contributed by atoms with Gasteiger partial charge in [-0.3, -0.25) is 4.79 Å². The summed E-state index contributed by atoms with van der Waals surface area (Å²) in [4.78, 5) is 12.1. The number of sulfonamides is 1. The first-order valence-electron chi connectivity index (χ1n) is 7.41. The smallest absolute Gasteiger partial charge is 0.257 e. The molecule has 0 radical (unpaired) electrons. The number of carbonyl (C=O) groups excluding carboxylic acids is 1. The van der Waals surface area contributed by atoms with Crippen molar-refractivity contribution in [2.75, 3.05) is 33.4 Å². The first-order valence-corrected chi connectivity index (χ1v) is 8.85. The number of ether oxygens (including phenoxy) is 1. The summed E-state index contributed by atoms with van der Waals surface area (Å²) in [7, 11) is -2.15. The second-order valence-electron chi connectivity index (χ2n) is 5.43. The van der Waals surface area contributed by atoms with Crippen LogP contribution in [0.1, 0.15) is 12.8 Å². The van der Waals surface area contributed by atoms with Crippen LogP contribution in [-0.4, -0.2) is 57.6 Å². The van der Waals surface area contributed by atoms with Gasteiger partial charge in [-0.05, 0) is 12.1 Å². The maximum Gasteiger partial charge on any atom is 0.257 e. The maximum absolute atomic E-state index is 14.7. The van der Waals surface area contributed by atoms with Crippen molar-refractivity contribution in [1.29, 1.82) is 0 Å². The standard InChI is InChI=1S/C15H21FN2O4S/c1-22-12-9-17-14(19)15(16)7-10-18(11-8-15)23(20,21)13-5-3-2-4-6-13/h2-6H,7-12H2,1H3,(H,17,19). The second kappa shape index (κ2) is 7.37. The van der Waals surface area contributed by atoms with Crippen molar-refractivity contribution < 1.29 is 22.3 Å². The molecular weight excluding hydrogens is 323 g/mol. The van der Waals surface area contributed by atoms with E-state index in [1.165, 1.54) is 23.5 Å². The number of halogens is 1. The number of amides is 1. The highest BCUT2D eigenvalue weighted by Crippen LogP contribution is 2.30. The summed E-state index contributed by atoms with van der Waals surface area (Å²) in [6.45, 7) is 0.486. The summed E-state index contributed by atoms with van der Waals surface area (Å²) in [5.74, 6) is -0.702. The summed E-state index contributed by atoms with van der Waals surface area (Å²) in [5, 5.41) is 2.47. The summed E-state index contributed by atoms with van der Waals surface area (Å²) in [6.07, 6.45) is -0.310. The third-order valence-corrected chi connectivity index (χ3v) is 5.81. The van der Waals surface area contributed by atoms with Crippen molar-refractivity contribution in [2.24, 2.45) is 0 Å². The molecule has 8 heteroatoms. The Balaban J connectivity index is 1.99. The van der Waals surface area contributed by atoms with Gasteiger partial charge in [-0.1, -0.05) is 18.2 Å². The van der Waals surface area contributed by atoms with E-state index in [1.807, 2.05) is 0 Å². The third kappa shape index (κ3) is 4.07. The largest absolute Gasteiger partial charge is 0.383 e. The molecule has 128 valence electrons. The van der Waals surface area contributed by atoms with Crippen LogP contribution in [0.4, 0.5) is 4.39 Å². The summed E-state index contributed by atoms with van der Waals surface area (Å²) < 4.78 is 45.6. The van der Waals surface area contributed by atoms with E-state index in [9.17, 15) is 17.6 Å². The molecule has 1 N–H and O–H groups in total. The highest BCUT2D eigenvalue weighted by molar-refractivity contribution is 7.89. The number of nitrogens with zero attached hydrogens (tertiary/aromatic N) is 1. The molecule has 2 rings (SSSR count). The van der Waals surface area contributed by atoms with Crippen molar-refractivity contribution in [3.8, 4) is 0 Å². The van der Waals surface area contributed by atoms with Crippen LogP contribution < -0.4 is 5.32 Å². The average molecular weight is 344 g/mol. The van der Waals surface area contributed by atoms with Crippen molar-refractivity contribution in [3.05, 3.63) is 30.3 Å². The third-order valence-electron chi connectivity index (χ3n) is 3.89. The van der Waals surface area contributed by atoms with Gasteiger partial charge in [0.1, 0.15) is 0 Å². The topological polar surface area (TPSA) is 75.7 Å². The fraction of sp³-hybridized carbons (Fsp3) is 0.533. The Morgan fingerprint density at radius 1 is 1.30 bits per heavy atom. The average Bonchev–Trinajstić information content (AvgIpc) is 2.56. The first-order chi connectivity index (χ1) is 10.9. The quantitative estimate of drug-likeness (QED) is 0.780.